The Morgan fingerprint density at radius 3 is 2.17 bits per heavy atom. The summed E-state index contributed by atoms with van der Waals surface area (Å²) >= 11 is 0. The third-order valence-electron chi connectivity index (χ3n) is 2.47. The molecule has 0 fully saturated rings. The molecule has 90 valence electrons. The van der Waals surface area contributed by atoms with E-state index in [2.05, 4.69) is 10.2 Å². The van der Waals surface area contributed by atoms with Gasteiger partial charge in [-0.05, 0) is 42.2 Å². The molecule has 2 aromatic rings. The maximum atomic E-state index is 8.95. The van der Waals surface area contributed by atoms with Crippen LogP contribution >= 0.6 is 0 Å². The second-order valence-electron chi connectivity index (χ2n) is 4.00. The van der Waals surface area contributed by atoms with Crippen molar-refractivity contribution in [3.8, 4) is 0 Å². The molecule has 0 spiro atoms. The van der Waals surface area contributed by atoms with Crippen LogP contribution in [0.2, 0.25) is 0 Å². The molecule has 0 aliphatic heterocycles. The number of hydrogen-bond donors (Lipinski definition) is 2. The molecule has 0 bridgehead atoms. The number of azo groups is 1. The first-order chi connectivity index (χ1) is 8.65. The van der Waals surface area contributed by atoms with Gasteiger partial charge in [0.25, 0.3) is 0 Å². The van der Waals surface area contributed by atoms with Gasteiger partial charge < -0.3 is 10.0 Å². The van der Waals surface area contributed by atoms with Crippen molar-refractivity contribution in [1.82, 2.24) is 0 Å². The summed E-state index contributed by atoms with van der Waals surface area (Å²) in [7, 11) is -1.45. The van der Waals surface area contributed by atoms with Crippen LogP contribution in [0.1, 0.15) is 5.56 Å². The van der Waals surface area contributed by atoms with E-state index in [1.807, 2.05) is 31.2 Å². The molecule has 5 heteroatoms. The van der Waals surface area contributed by atoms with Gasteiger partial charge >= 0.3 is 7.12 Å². The second-order valence-corrected chi connectivity index (χ2v) is 4.00. The Morgan fingerprint density at radius 2 is 1.56 bits per heavy atom. The fraction of sp³-hybridized carbons (Fsp3) is 0.0769. The van der Waals surface area contributed by atoms with E-state index in [1.165, 1.54) is 0 Å². The van der Waals surface area contributed by atoms with Crippen LogP contribution in [0.25, 0.3) is 0 Å². The SMILES string of the molecule is Cc1cccc(N=Nc2ccc(B(O)O)cc2)c1. The van der Waals surface area contributed by atoms with Crippen LogP contribution in [0.15, 0.2) is 58.8 Å². The van der Waals surface area contributed by atoms with E-state index in [0.717, 1.165) is 11.3 Å². The molecule has 2 rings (SSSR count). The minimum absolute atomic E-state index is 0.435. The van der Waals surface area contributed by atoms with Crippen LogP contribution in [-0.2, 0) is 0 Å². The largest absolute Gasteiger partial charge is 0.488 e. The monoisotopic (exact) mass is 240 g/mol. The topological polar surface area (TPSA) is 65.2 Å². The van der Waals surface area contributed by atoms with Gasteiger partial charge in [0.1, 0.15) is 0 Å². The number of rotatable bonds is 3. The van der Waals surface area contributed by atoms with Crippen LogP contribution in [-0.4, -0.2) is 17.2 Å². The molecule has 0 aliphatic carbocycles. The van der Waals surface area contributed by atoms with Crippen molar-refractivity contribution in [2.75, 3.05) is 0 Å². The van der Waals surface area contributed by atoms with Gasteiger partial charge in [0.2, 0.25) is 0 Å². The highest BCUT2D eigenvalue weighted by Gasteiger charge is 2.09. The lowest BCUT2D eigenvalue weighted by Gasteiger charge is -1.98. The molecule has 0 unspecified atom stereocenters. The van der Waals surface area contributed by atoms with E-state index in [-0.39, 0.29) is 0 Å². The number of hydrogen-bond acceptors (Lipinski definition) is 4. The molecule has 0 atom stereocenters. The summed E-state index contributed by atoms with van der Waals surface area (Å²) in [6.45, 7) is 2.00. The Balaban J connectivity index is 2.14. The summed E-state index contributed by atoms with van der Waals surface area (Å²) in [4.78, 5) is 0. The fourth-order valence-corrected chi connectivity index (χ4v) is 1.52. The van der Waals surface area contributed by atoms with Crippen molar-refractivity contribution in [1.29, 1.82) is 0 Å². The Bertz CT molecular complexity index is 553. The van der Waals surface area contributed by atoms with Crippen LogP contribution in [0.5, 0.6) is 0 Å². The van der Waals surface area contributed by atoms with E-state index >= 15 is 0 Å². The Labute approximate surface area is 106 Å². The molecule has 0 radical (unpaired) electrons. The van der Waals surface area contributed by atoms with Crippen molar-refractivity contribution in [2.24, 2.45) is 10.2 Å². The molecule has 4 nitrogen and oxygen atoms in total. The van der Waals surface area contributed by atoms with Crippen molar-refractivity contribution in [3.63, 3.8) is 0 Å². The third kappa shape index (κ3) is 3.26. The maximum Gasteiger partial charge on any atom is 0.488 e. The summed E-state index contributed by atoms with van der Waals surface area (Å²) in [6, 6.07) is 14.3. The first-order valence-corrected chi connectivity index (χ1v) is 5.60. The summed E-state index contributed by atoms with van der Waals surface area (Å²) in [6.07, 6.45) is 0. The smallest absolute Gasteiger partial charge is 0.423 e. The van der Waals surface area contributed by atoms with Crippen molar-refractivity contribution < 1.29 is 10.0 Å². The van der Waals surface area contributed by atoms with E-state index in [4.69, 9.17) is 10.0 Å². The molecule has 0 heterocycles. The van der Waals surface area contributed by atoms with Crippen LogP contribution in [0.3, 0.4) is 0 Å². The van der Waals surface area contributed by atoms with Gasteiger partial charge in [-0.2, -0.15) is 10.2 Å². The quantitative estimate of drug-likeness (QED) is 0.637. The number of nitrogens with zero attached hydrogens (tertiary/aromatic N) is 2. The molecular formula is C13H13BN2O2. The zero-order chi connectivity index (χ0) is 13.0. The molecule has 0 aromatic heterocycles. The average molecular weight is 240 g/mol. The highest BCUT2D eigenvalue weighted by molar-refractivity contribution is 6.58. The van der Waals surface area contributed by atoms with E-state index in [9.17, 15) is 0 Å². The molecule has 0 amide bonds. The van der Waals surface area contributed by atoms with Gasteiger partial charge in [0, 0.05) is 0 Å². The third-order valence-corrected chi connectivity index (χ3v) is 2.47. The number of aryl methyl sites for hydroxylation is 1. The van der Waals surface area contributed by atoms with Gasteiger partial charge in [0.05, 0.1) is 11.4 Å². The first kappa shape index (κ1) is 12.5. The van der Waals surface area contributed by atoms with Gasteiger partial charge in [0.15, 0.2) is 0 Å². The minimum atomic E-state index is -1.45. The zero-order valence-electron chi connectivity index (χ0n) is 9.99. The lowest BCUT2D eigenvalue weighted by atomic mass is 9.80. The van der Waals surface area contributed by atoms with Crippen LogP contribution in [0.4, 0.5) is 11.4 Å². The normalized spacial score (nSPS) is 10.8. The van der Waals surface area contributed by atoms with Gasteiger partial charge in [-0.15, -0.1) is 0 Å². The standard InChI is InChI=1S/C13H13BN2O2/c1-10-3-2-4-13(9-10)16-15-12-7-5-11(6-8-12)14(17)18/h2-9,17-18H,1H3. The average Bonchev–Trinajstić information content (AvgIpc) is 2.37. The van der Waals surface area contributed by atoms with Gasteiger partial charge in [-0.1, -0.05) is 24.3 Å². The molecule has 0 aliphatic rings. The number of benzene rings is 2. The zero-order valence-corrected chi connectivity index (χ0v) is 9.99. The Kier molecular flexibility index (Phi) is 3.87. The Hall–Kier alpha value is -1.98. The Morgan fingerprint density at radius 1 is 0.889 bits per heavy atom. The molecule has 0 saturated heterocycles. The van der Waals surface area contributed by atoms with E-state index in [1.54, 1.807) is 24.3 Å². The lowest BCUT2D eigenvalue weighted by molar-refractivity contribution is 0.426. The molecule has 2 N–H and O–H groups in total. The fourth-order valence-electron chi connectivity index (χ4n) is 1.52. The predicted octanol–water partition coefficient (Wildman–Crippen LogP) is 2.09. The minimum Gasteiger partial charge on any atom is -0.423 e. The first-order valence-electron chi connectivity index (χ1n) is 5.60. The van der Waals surface area contributed by atoms with E-state index in [0.29, 0.717) is 11.2 Å². The highest BCUT2D eigenvalue weighted by Crippen LogP contribution is 2.18. The van der Waals surface area contributed by atoms with Crippen LogP contribution < -0.4 is 5.46 Å². The highest BCUT2D eigenvalue weighted by atomic mass is 16.4. The van der Waals surface area contributed by atoms with Crippen molar-refractivity contribution in [2.45, 2.75) is 6.92 Å². The molecular weight excluding hydrogens is 227 g/mol. The maximum absolute atomic E-state index is 8.95. The summed E-state index contributed by atoms with van der Waals surface area (Å²) in [5.41, 5.74) is 3.02. The summed E-state index contributed by atoms with van der Waals surface area (Å²) in [5.74, 6) is 0. The second kappa shape index (κ2) is 5.57. The van der Waals surface area contributed by atoms with Crippen LogP contribution in [0, 0.1) is 6.92 Å². The summed E-state index contributed by atoms with van der Waals surface area (Å²) < 4.78 is 0. The predicted molar refractivity (Wildman–Crippen MR) is 71.6 cm³/mol. The lowest BCUT2D eigenvalue weighted by Crippen LogP contribution is -2.29. The van der Waals surface area contributed by atoms with Crippen molar-refractivity contribution >= 4 is 24.0 Å². The van der Waals surface area contributed by atoms with Gasteiger partial charge in [-0.25, -0.2) is 0 Å². The van der Waals surface area contributed by atoms with E-state index < -0.39 is 7.12 Å². The van der Waals surface area contributed by atoms with Crippen molar-refractivity contribution in [3.05, 3.63) is 54.1 Å². The molecule has 2 aromatic carbocycles. The van der Waals surface area contributed by atoms with Gasteiger partial charge in [-0.3, -0.25) is 0 Å². The molecule has 18 heavy (non-hydrogen) atoms. The molecule has 0 saturated carbocycles. The summed E-state index contributed by atoms with van der Waals surface area (Å²) in [5, 5.41) is 26.1.